The van der Waals surface area contributed by atoms with Gasteiger partial charge in [0.15, 0.2) is 0 Å². The van der Waals surface area contributed by atoms with Crippen LogP contribution < -0.4 is 5.32 Å². The van der Waals surface area contributed by atoms with Gasteiger partial charge in [0.1, 0.15) is 5.82 Å². The van der Waals surface area contributed by atoms with Gasteiger partial charge in [-0.1, -0.05) is 41.4 Å². The van der Waals surface area contributed by atoms with Gasteiger partial charge in [-0.2, -0.15) is 5.10 Å². The van der Waals surface area contributed by atoms with Gasteiger partial charge in [-0.3, -0.25) is 9.89 Å². The summed E-state index contributed by atoms with van der Waals surface area (Å²) in [5, 5.41) is 10.1. The van der Waals surface area contributed by atoms with Crippen molar-refractivity contribution in [1.82, 2.24) is 15.5 Å². The minimum atomic E-state index is -0.496. The largest absolute Gasteiger partial charge is 0.348 e. The molecule has 4 nitrogen and oxygen atoms in total. The van der Waals surface area contributed by atoms with Gasteiger partial charge in [0.2, 0.25) is 0 Å². The molecule has 3 rings (SSSR count). The molecule has 0 atom stereocenters. The summed E-state index contributed by atoms with van der Waals surface area (Å²) in [6.45, 7) is 0.221. The van der Waals surface area contributed by atoms with Crippen molar-refractivity contribution in [1.29, 1.82) is 0 Å². The minimum Gasteiger partial charge on any atom is -0.348 e. The predicted molar refractivity (Wildman–Crippen MR) is 91.6 cm³/mol. The fourth-order valence-electron chi connectivity index (χ4n) is 2.25. The molecule has 0 spiro atoms. The summed E-state index contributed by atoms with van der Waals surface area (Å²) in [6.07, 6.45) is 1.45. The van der Waals surface area contributed by atoms with Crippen molar-refractivity contribution < 1.29 is 9.18 Å². The van der Waals surface area contributed by atoms with Gasteiger partial charge in [-0.15, -0.1) is 0 Å². The van der Waals surface area contributed by atoms with Gasteiger partial charge in [0, 0.05) is 17.1 Å². The fourth-order valence-corrected chi connectivity index (χ4v) is 2.64. The zero-order valence-corrected chi connectivity index (χ0v) is 13.8. The maximum atomic E-state index is 13.2. The van der Waals surface area contributed by atoms with E-state index in [0.717, 1.165) is 5.56 Å². The highest BCUT2D eigenvalue weighted by Gasteiger charge is 2.15. The van der Waals surface area contributed by atoms with E-state index in [2.05, 4.69) is 15.5 Å². The van der Waals surface area contributed by atoms with Crippen LogP contribution in [0.2, 0.25) is 10.0 Å². The van der Waals surface area contributed by atoms with Crippen LogP contribution in [0, 0.1) is 5.82 Å². The molecular formula is C17H12Cl2FN3O. The number of carbonyl (C=O) groups is 1. The lowest BCUT2D eigenvalue weighted by molar-refractivity contribution is 0.0951. The van der Waals surface area contributed by atoms with Crippen LogP contribution in [-0.2, 0) is 6.54 Å². The topological polar surface area (TPSA) is 57.8 Å². The van der Waals surface area contributed by atoms with Gasteiger partial charge in [0.05, 0.1) is 22.5 Å². The summed E-state index contributed by atoms with van der Waals surface area (Å²) in [7, 11) is 0. The lowest BCUT2D eigenvalue weighted by atomic mass is 10.1. The Bertz CT molecular complexity index is 895. The zero-order chi connectivity index (χ0) is 17.1. The van der Waals surface area contributed by atoms with Crippen LogP contribution in [0.25, 0.3) is 11.3 Å². The SMILES string of the molecule is O=C(NCc1ccc(F)c(Cl)c1)c1cn[nH]c1-c1cccc(Cl)c1. The van der Waals surface area contributed by atoms with Crippen molar-refractivity contribution in [2.45, 2.75) is 6.54 Å². The van der Waals surface area contributed by atoms with Crippen molar-refractivity contribution in [2.75, 3.05) is 0 Å². The summed E-state index contributed by atoms with van der Waals surface area (Å²) in [4.78, 5) is 12.4. The standard InChI is InChI=1S/C17H12Cl2FN3O/c18-12-3-1-2-11(7-12)16-13(9-22-23-16)17(24)21-8-10-4-5-15(20)14(19)6-10/h1-7,9H,8H2,(H,21,24)(H,22,23). The van der Waals surface area contributed by atoms with Crippen LogP contribution in [0.1, 0.15) is 15.9 Å². The number of hydrogen-bond acceptors (Lipinski definition) is 2. The average molecular weight is 364 g/mol. The van der Waals surface area contributed by atoms with E-state index in [1.807, 2.05) is 6.07 Å². The second-order valence-electron chi connectivity index (χ2n) is 5.10. The molecule has 122 valence electrons. The number of hydrogen-bond donors (Lipinski definition) is 2. The molecule has 1 amide bonds. The molecule has 0 saturated carbocycles. The number of aromatic amines is 1. The average Bonchev–Trinajstić information content (AvgIpc) is 3.05. The number of halogens is 3. The van der Waals surface area contributed by atoms with Crippen molar-refractivity contribution >= 4 is 29.1 Å². The van der Waals surface area contributed by atoms with E-state index >= 15 is 0 Å². The number of amides is 1. The summed E-state index contributed by atoms with van der Waals surface area (Å²) in [6, 6.07) is 11.4. The number of rotatable bonds is 4. The van der Waals surface area contributed by atoms with Crippen molar-refractivity contribution in [3.63, 3.8) is 0 Å². The fraction of sp³-hybridized carbons (Fsp3) is 0.0588. The molecule has 24 heavy (non-hydrogen) atoms. The monoisotopic (exact) mass is 363 g/mol. The first kappa shape index (κ1) is 16.5. The third-order valence-corrected chi connectivity index (χ3v) is 3.96. The van der Waals surface area contributed by atoms with Crippen molar-refractivity contribution in [3.05, 3.63) is 75.7 Å². The van der Waals surface area contributed by atoms with Gasteiger partial charge in [0.25, 0.3) is 5.91 Å². The van der Waals surface area contributed by atoms with Crippen LogP contribution in [0.4, 0.5) is 4.39 Å². The normalized spacial score (nSPS) is 10.6. The van der Waals surface area contributed by atoms with E-state index < -0.39 is 5.82 Å². The minimum absolute atomic E-state index is 0.0182. The van der Waals surface area contributed by atoms with Crippen molar-refractivity contribution in [3.8, 4) is 11.3 Å². The molecule has 0 bridgehead atoms. The van der Waals surface area contributed by atoms with Gasteiger partial charge >= 0.3 is 0 Å². The smallest absolute Gasteiger partial charge is 0.255 e. The summed E-state index contributed by atoms with van der Waals surface area (Å²) >= 11 is 11.7. The Balaban J connectivity index is 1.76. The van der Waals surface area contributed by atoms with Crippen LogP contribution in [0.5, 0.6) is 0 Å². The number of carbonyl (C=O) groups excluding carboxylic acids is 1. The van der Waals surface area contributed by atoms with Gasteiger partial charge in [-0.05, 0) is 29.8 Å². The van der Waals surface area contributed by atoms with E-state index in [1.54, 1.807) is 24.3 Å². The second kappa shape index (κ2) is 7.03. The summed E-state index contributed by atoms with van der Waals surface area (Å²) in [5.74, 6) is -0.802. The quantitative estimate of drug-likeness (QED) is 0.719. The van der Waals surface area contributed by atoms with E-state index in [4.69, 9.17) is 23.2 Å². The first-order chi connectivity index (χ1) is 11.5. The highest BCUT2D eigenvalue weighted by atomic mass is 35.5. The third-order valence-electron chi connectivity index (χ3n) is 3.43. The maximum Gasteiger partial charge on any atom is 0.255 e. The number of aromatic nitrogens is 2. The highest BCUT2D eigenvalue weighted by molar-refractivity contribution is 6.31. The Morgan fingerprint density at radius 2 is 2.04 bits per heavy atom. The van der Waals surface area contributed by atoms with Crippen LogP contribution in [0.15, 0.2) is 48.7 Å². The number of nitrogens with zero attached hydrogens (tertiary/aromatic N) is 1. The van der Waals surface area contributed by atoms with E-state index in [1.165, 1.54) is 18.3 Å². The number of nitrogens with one attached hydrogen (secondary N) is 2. The van der Waals surface area contributed by atoms with Gasteiger partial charge in [-0.25, -0.2) is 4.39 Å². The molecular weight excluding hydrogens is 352 g/mol. The summed E-state index contributed by atoms with van der Waals surface area (Å²) < 4.78 is 13.2. The van der Waals surface area contributed by atoms with Gasteiger partial charge < -0.3 is 5.32 Å². The molecule has 1 aromatic heterocycles. The van der Waals surface area contributed by atoms with Crippen LogP contribution in [-0.4, -0.2) is 16.1 Å². The molecule has 0 unspecified atom stereocenters. The third kappa shape index (κ3) is 3.58. The lowest BCUT2D eigenvalue weighted by Crippen LogP contribution is -2.23. The molecule has 0 saturated heterocycles. The molecule has 0 aliphatic carbocycles. The molecule has 2 aromatic carbocycles. The molecule has 0 radical (unpaired) electrons. The van der Waals surface area contributed by atoms with E-state index in [9.17, 15) is 9.18 Å². The highest BCUT2D eigenvalue weighted by Crippen LogP contribution is 2.24. The predicted octanol–water partition coefficient (Wildman–Crippen LogP) is 4.45. The maximum absolute atomic E-state index is 13.2. The summed E-state index contributed by atoms with van der Waals surface area (Å²) in [5.41, 5.74) is 2.43. The van der Waals surface area contributed by atoms with Crippen molar-refractivity contribution in [2.24, 2.45) is 0 Å². The molecule has 0 aliphatic rings. The molecule has 7 heteroatoms. The first-order valence-electron chi connectivity index (χ1n) is 7.06. The molecule has 3 aromatic rings. The lowest BCUT2D eigenvalue weighted by Gasteiger charge is -2.07. The van der Waals surface area contributed by atoms with E-state index in [0.29, 0.717) is 21.8 Å². The first-order valence-corrected chi connectivity index (χ1v) is 7.81. The second-order valence-corrected chi connectivity index (χ2v) is 5.94. The molecule has 0 fully saturated rings. The molecule has 2 N–H and O–H groups in total. The Hall–Kier alpha value is -2.37. The Morgan fingerprint density at radius 3 is 2.79 bits per heavy atom. The Labute approximate surface area is 147 Å². The number of H-pyrrole nitrogens is 1. The zero-order valence-electron chi connectivity index (χ0n) is 12.3. The Kier molecular flexibility index (Phi) is 4.83. The van der Waals surface area contributed by atoms with Crippen LogP contribution >= 0.6 is 23.2 Å². The number of benzene rings is 2. The van der Waals surface area contributed by atoms with E-state index in [-0.39, 0.29) is 17.5 Å². The Morgan fingerprint density at radius 1 is 1.21 bits per heavy atom. The molecule has 1 heterocycles. The molecule has 0 aliphatic heterocycles. The van der Waals surface area contributed by atoms with Crippen LogP contribution in [0.3, 0.4) is 0 Å².